The van der Waals surface area contributed by atoms with Crippen LogP contribution in [0.15, 0.2) is 36.6 Å². The molecule has 25 heavy (non-hydrogen) atoms. The summed E-state index contributed by atoms with van der Waals surface area (Å²) >= 11 is 0. The lowest BCUT2D eigenvalue weighted by atomic mass is 9.97. The lowest BCUT2D eigenvalue weighted by Gasteiger charge is -2.31. The third-order valence-electron chi connectivity index (χ3n) is 5.03. The van der Waals surface area contributed by atoms with Crippen LogP contribution in [0.25, 0.3) is 0 Å². The molecule has 2 heterocycles. The van der Waals surface area contributed by atoms with Crippen LogP contribution in [0.4, 0.5) is 0 Å². The van der Waals surface area contributed by atoms with Gasteiger partial charge in [-0.25, -0.2) is 0 Å². The molecule has 1 fully saturated rings. The highest BCUT2D eigenvalue weighted by Crippen LogP contribution is 2.19. The number of amides is 1. The van der Waals surface area contributed by atoms with E-state index < -0.39 is 0 Å². The van der Waals surface area contributed by atoms with Crippen molar-refractivity contribution in [1.29, 1.82) is 0 Å². The number of carbonyl (C=O) groups excluding carboxylic acids is 1. The molecular formula is C20H29N3O2. The van der Waals surface area contributed by atoms with Crippen molar-refractivity contribution in [3.8, 4) is 0 Å². The fourth-order valence-electron chi connectivity index (χ4n) is 3.64. The highest BCUT2D eigenvalue weighted by molar-refractivity contribution is 5.76. The molecule has 2 aliphatic rings. The normalized spacial score (nSPS) is 24.0. The van der Waals surface area contributed by atoms with Crippen molar-refractivity contribution >= 4 is 5.91 Å². The van der Waals surface area contributed by atoms with Crippen molar-refractivity contribution in [2.24, 2.45) is 11.7 Å². The molecule has 0 radical (unpaired) electrons. The van der Waals surface area contributed by atoms with E-state index in [9.17, 15) is 4.79 Å². The zero-order chi connectivity index (χ0) is 17.5. The predicted octanol–water partition coefficient (Wildman–Crippen LogP) is 2.17. The van der Waals surface area contributed by atoms with E-state index >= 15 is 0 Å². The number of benzene rings is 1. The van der Waals surface area contributed by atoms with Crippen LogP contribution in [-0.4, -0.2) is 36.5 Å². The van der Waals surface area contributed by atoms with Gasteiger partial charge in [-0.15, -0.1) is 0 Å². The zero-order valence-corrected chi connectivity index (χ0v) is 14.8. The van der Waals surface area contributed by atoms with E-state index in [0.29, 0.717) is 0 Å². The number of rotatable bonds is 7. The molecule has 2 atom stereocenters. The van der Waals surface area contributed by atoms with Gasteiger partial charge in [0.05, 0.1) is 12.2 Å². The second-order valence-electron chi connectivity index (χ2n) is 7.13. The molecule has 2 aliphatic heterocycles. The Labute approximate surface area is 150 Å². The van der Waals surface area contributed by atoms with Gasteiger partial charge < -0.3 is 15.8 Å². The second kappa shape index (κ2) is 9.02. The van der Waals surface area contributed by atoms with Crippen LogP contribution in [0.3, 0.4) is 0 Å². The minimum atomic E-state index is -0.164. The molecule has 1 amide bonds. The number of ether oxygens (including phenoxy) is 1. The Morgan fingerprint density at radius 1 is 1.32 bits per heavy atom. The van der Waals surface area contributed by atoms with Crippen LogP contribution in [-0.2, 0) is 22.6 Å². The summed E-state index contributed by atoms with van der Waals surface area (Å²) in [6.07, 6.45) is 8.33. The van der Waals surface area contributed by atoms with Gasteiger partial charge in [-0.3, -0.25) is 9.69 Å². The number of nitrogens with one attached hydrogen (secondary N) is 1. The number of hydrogen-bond donors (Lipinski definition) is 2. The molecule has 1 aromatic carbocycles. The first kappa shape index (κ1) is 18.0. The van der Waals surface area contributed by atoms with Crippen molar-refractivity contribution in [3.05, 3.63) is 47.7 Å². The standard InChI is InChI=1S/C20H29N3O2/c21-20(24)18-7-4-9-23(15-18)14-17-6-3-5-16(11-17)12-22-13-19-8-1-2-10-25-19/h2-3,5-6,10-11,18-19,22H,1,4,7-9,12-15H2,(H2,21,24)/t18-,19+/m0/s1. The molecule has 1 aromatic rings. The quantitative estimate of drug-likeness (QED) is 0.796. The van der Waals surface area contributed by atoms with E-state index in [1.54, 1.807) is 0 Å². The predicted molar refractivity (Wildman–Crippen MR) is 98.6 cm³/mol. The number of nitrogens with zero attached hydrogens (tertiary/aromatic N) is 1. The first-order valence-electron chi connectivity index (χ1n) is 9.31. The van der Waals surface area contributed by atoms with E-state index in [0.717, 1.165) is 58.4 Å². The summed E-state index contributed by atoms with van der Waals surface area (Å²) in [7, 11) is 0. The average Bonchev–Trinajstić information content (AvgIpc) is 2.63. The number of likely N-dealkylation sites (tertiary alicyclic amines) is 1. The third kappa shape index (κ3) is 5.58. The Morgan fingerprint density at radius 3 is 3.00 bits per heavy atom. The number of carbonyl (C=O) groups is 1. The summed E-state index contributed by atoms with van der Waals surface area (Å²) < 4.78 is 5.58. The van der Waals surface area contributed by atoms with Gasteiger partial charge in [-0.1, -0.05) is 24.3 Å². The molecule has 0 aliphatic carbocycles. The van der Waals surface area contributed by atoms with Gasteiger partial charge in [-0.05, 0) is 49.4 Å². The van der Waals surface area contributed by atoms with Crippen LogP contribution < -0.4 is 11.1 Å². The maximum absolute atomic E-state index is 11.4. The first-order chi connectivity index (χ1) is 12.2. The highest BCUT2D eigenvalue weighted by atomic mass is 16.5. The molecule has 3 N–H and O–H groups in total. The Bertz CT molecular complexity index is 602. The summed E-state index contributed by atoms with van der Waals surface area (Å²) in [5.41, 5.74) is 8.05. The number of primary amides is 1. The minimum Gasteiger partial charge on any atom is -0.497 e. The molecule has 5 nitrogen and oxygen atoms in total. The molecule has 0 spiro atoms. The first-order valence-corrected chi connectivity index (χ1v) is 9.31. The zero-order valence-electron chi connectivity index (χ0n) is 14.8. The van der Waals surface area contributed by atoms with Crippen LogP contribution in [0.1, 0.15) is 36.8 Å². The fraction of sp³-hybridized carbons (Fsp3) is 0.550. The molecular weight excluding hydrogens is 314 g/mol. The number of piperidine rings is 1. The molecule has 0 unspecified atom stereocenters. The SMILES string of the molecule is NC(=O)[C@H]1CCCN(Cc2cccc(CNC[C@H]3CCC=CO3)c2)C1. The van der Waals surface area contributed by atoms with Crippen molar-refractivity contribution in [2.45, 2.75) is 44.9 Å². The molecule has 1 saturated heterocycles. The maximum atomic E-state index is 11.4. The van der Waals surface area contributed by atoms with Crippen LogP contribution in [0.5, 0.6) is 0 Å². The van der Waals surface area contributed by atoms with Crippen LogP contribution in [0.2, 0.25) is 0 Å². The largest absolute Gasteiger partial charge is 0.497 e. The Hall–Kier alpha value is -1.85. The smallest absolute Gasteiger partial charge is 0.221 e. The number of nitrogens with two attached hydrogens (primary N) is 1. The fourth-order valence-corrected chi connectivity index (χ4v) is 3.64. The molecule has 5 heteroatoms. The Kier molecular flexibility index (Phi) is 6.48. The topological polar surface area (TPSA) is 67.6 Å². The minimum absolute atomic E-state index is 0.00291. The molecule has 0 saturated carbocycles. The van der Waals surface area contributed by atoms with Gasteiger partial charge in [0, 0.05) is 26.2 Å². The van der Waals surface area contributed by atoms with E-state index in [-0.39, 0.29) is 17.9 Å². The lowest BCUT2D eigenvalue weighted by Crippen LogP contribution is -2.40. The van der Waals surface area contributed by atoms with Crippen molar-refractivity contribution in [1.82, 2.24) is 10.2 Å². The molecule has 3 rings (SSSR count). The summed E-state index contributed by atoms with van der Waals surface area (Å²) in [6.45, 7) is 4.43. The second-order valence-corrected chi connectivity index (χ2v) is 7.13. The highest BCUT2D eigenvalue weighted by Gasteiger charge is 2.23. The molecule has 0 bridgehead atoms. The van der Waals surface area contributed by atoms with Gasteiger partial charge in [0.1, 0.15) is 6.10 Å². The third-order valence-corrected chi connectivity index (χ3v) is 5.03. The maximum Gasteiger partial charge on any atom is 0.221 e. The Morgan fingerprint density at radius 2 is 2.20 bits per heavy atom. The Balaban J connectivity index is 1.47. The summed E-state index contributed by atoms with van der Waals surface area (Å²) in [6, 6.07) is 8.68. The van der Waals surface area contributed by atoms with Crippen molar-refractivity contribution < 1.29 is 9.53 Å². The van der Waals surface area contributed by atoms with Gasteiger partial charge >= 0.3 is 0 Å². The van der Waals surface area contributed by atoms with E-state index in [1.165, 1.54) is 11.1 Å². The van der Waals surface area contributed by atoms with Gasteiger partial charge in [-0.2, -0.15) is 0 Å². The van der Waals surface area contributed by atoms with Crippen molar-refractivity contribution in [2.75, 3.05) is 19.6 Å². The van der Waals surface area contributed by atoms with Gasteiger partial charge in [0.25, 0.3) is 0 Å². The van der Waals surface area contributed by atoms with Crippen LogP contribution >= 0.6 is 0 Å². The van der Waals surface area contributed by atoms with Gasteiger partial charge in [0.15, 0.2) is 0 Å². The molecule has 136 valence electrons. The lowest BCUT2D eigenvalue weighted by molar-refractivity contribution is -0.123. The molecule has 0 aromatic heterocycles. The van der Waals surface area contributed by atoms with Crippen molar-refractivity contribution in [3.63, 3.8) is 0 Å². The van der Waals surface area contributed by atoms with E-state index in [2.05, 4.69) is 40.6 Å². The monoisotopic (exact) mass is 343 g/mol. The average molecular weight is 343 g/mol. The number of hydrogen-bond acceptors (Lipinski definition) is 4. The summed E-state index contributed by atoms with van der Waals surface area (Å²) in [5.74, 6) is -0.162. The van der Waals surface area contributed by atoms with Gasteiger partial charge in [0.2, 0.25) is 5.91 Å². The van der Waals surface area contributed by atoms with E-state index in [1.807, 2.05) is 6.26 Å². The van der Waals surface area contributed by atoms with E-state index in [4.69, 9.17) is 10.5 Å². The summed E-state index contributed by atoms with van der Waals surface area (Å²) in [5, 5.41) is 3.49. The number of allylic oxidation sites excluding steroid dienone is 1. The summed E-state index contributed by atoms with van der Waals surface area (Å²) in [4.78, 5) is 13.8. The van der Waals surface area contributed by atoms with Crippen LogP contribution in [0, 0.1) is 5.92 Å².